The van der Waals surface area contributed by atoms with Crippen LogP contribution in [-0.4, -0.2) is 11.7 Å². The Kier molecular flexibility index (Phi) is 2.44. The molecule has 3 aromatic carbocycles. The van der Waals surface area contributed by atoms with Crippen molar-refractivity contribution in [2.75, 3.05) is 5.32 Å². The number of Topliss-reactive ketones (excluding diaryl/α,β-unsaturated/α-hetero) is 1. The molecule has 24 heavy (non-hydrogen) atoms. The third-order valence-electron chi connectivity index (χ3n) is 5.05. The molecule has 1 amide bonds. The molecule has 0 aromatic heterocycles. The van der Waals surface area contributed by atoms with Gasteiger partial charge in [-0.1, -0.05) is 60.7 Å². The van der Waals surface area contributed by atoms with E-state index in [1.54, 1.807) is 12.1 Å². The van der Waals surface area contributed by atoms with E-state index in [0.717, 1.165) is 22.3 Å². The summed E-state index contributed by atoms with van der Waals surface area (Å²) in [5.74, 6) is -0.428. The number of amides is 1. The fourth-order valence-corrected chi connectivity index (χ4v) is 4.04. The van der Waals surface area contributed by atoms with Gasteiger partial charge in [-0.2, -0.15) is 0 Å². The van der Waals surface area contributed by atoms with Crippen LogP contribution in [0.2, 0.25) is 0 Å². The normalized spacial score (nSPS) is 16.3. The molecule has 3 heteroatoms. The van der Waals surface area contributed by atoms with Gasteiger partial charge in [-0.15, -0.1) is 0 Å². The first-order valence-electron chi connectivity index (χ1n) is 7.89. The lowest BCUT2D eigenvalue weighted by molar-refractivity contribution is -0.119. The molecular formula is C21H13NO2. The van der Waals surface area contributed by atoms with Gasteiger partial charge < -0.3 is 5.32 Å². The van der Waals surface area contributed by atoms with Crippen molar-refractivity contribution in [2.45, 2.75) is 5.41 Å². The van der Waals surface area contributed by atoms with Crippen LogP contribution in [0.3, 0.4) is 0 Å². The maximum Gasteiger partial charge on any atom is 0.247 e. The zero-order valence-electron chi connectivity index (χ0n) is 12.7. The monoisotopic (exact) mass is 311 g/mol. The zero-order valence-corrected chi connectivity index (χ0v) is 12.7. The van der Waals surface area contributed by atoms with Gasteiger partial charge >= 0.3 is 0 Å². The molecular weight excluding hydrogens is 298 g/mol. The van der Waals surface area contributed by atoms with Gasteiger partial charge in [0.25, 0.3) is 0 Å². The van der Waals surface area contributed by atoms with Crippen molar-refractivity contribution in [1.82, 2.24) is 0 Å². The summed E-state index contributed by atoms with van der Waals surface area (Å²) in [5, 5.41) is 2.95. The Balaban J connectivity index is 1.91. The largest absolute Gasteiger partial charge is 0.324 e. The summed E-state index contributed by atoms with van der Waals surface area (Å²) in [6.45, 7) is 0. The van der Waals surface area contributed by atoms with E-state index < -0.39 is 5.41 Å². The number of ketones is 1. The van der Waals surface area contributed by atoms with E-state index in [0.29, 0.717) is 11.3 Å². The molecule has 0 saturated carbocycles. The molecule has 0 unspecified atom stereocenters. The molecule has 2 aliphatic rings. The third kappa shape index (κ3) is 1.38. The fourth-order valence-electron chi connectivity index (χ4n) is 4.04. The Bertz CT molecular complexity index is 990. The summed E-state index contributed by atoms with van der Waals surface area (Å²) in [4.78, 5) is 26.7. The van der Waals surface area contributed by atoms with Crippen molar-refractivity contribution < 1.29 is 9.59 Å². The average molecular weight is 311 g/mol. The van der Waals surface area contributed by atoms with Crippen LogP contribution in [0.15, 0.2) is 72.8 Å². The maximum atomic E-state index is 13.5. The van der Waals surface area contributed by atoms with E-state index in [9.17, 15) is 9.59 Å². The van der Waals surface area contributed by atoms with E-state index in [-0.39, 0.29) is 11.7 Å². The third-order valence-corrected chi connectivity index (χ3v) is 5.05. The molecule has 1 heterocycles. The zero-order chi connectivity index (χ0) is 16.3. The van der Waals surface area contributed by atoms with Gasteiger partial charge in [-0.05, 0) is 34.4 Å². The molecule has 3 aromatic rings. The summed E-state index contributed by atoms with van der Waals surface area (Å²) < 4.78 is 0. The van der Waals surface area contributed by atoms with Gasteiger partial charge in [0.15, 0.2) is 11.2 Å². The highest BCUT2D eigenvalue weighted by molar-refractivity contribution is 6.32. The second-order valence-corrected chi connectivity index (χ2v) is 6.17. The first-order chi connectivity index (χ1) is 11.7. The molecule has 1 aliphatic heterocycles. The van der Waals surface area contributed by atoms with Crippen LogP contribution in [0.1, 0.15) is 21.5 Å². The molecule has 0 bridgehead atoms. The first kappa shape index (κ1) is 13.3. The van der Waals surface area contributed by atoms with Crippen LogP contribution in [0, 0.1) is 0 Å². The summed E-state index contributed by atoms with van der Waals surface area (Å²) in [6, 6.07) is 22.6. The van der Waals surface area contributed by atoms with E-state index in [1.807, 2.05) is 60.7 Å². The lowest BCUT2D eigenvalue weighted by Gasteiger charge is -2.34. The number of carbonyl (C=O) groups is 2. The number of carbonyl (C=O) groups excluding carboxylic acids is 2. The van der Waals surface area contributed by atoms with E-state index in [2.05, 4.69) is 5.32 Å². The highest BCUT2D eigenvalue weighted by atomic mass is 16.2. The Morgan fingerprint density at radius 1 is 0.625 bits per heavy atom. The van der Waals surface area contributed by atoms with Crippen molar-refractivity contribution in [1.29, 1.82) is 0 Å². The fraction of sp³-hybridized carbons (Fsp3) is 0.0476. The minimum atomic E-state index is -1.29. The van der Waals surface area contributed by atoms with Gasteiger partial charge in [-0.25, -0.2) is 0 Å². The van der Waals surface area contributed by atoms with Crippen LogP contribution in [0.4, 0.5) is 5.69 Å². The SMILES string of the molecule is O=C1Nc2ccccc2C(=O)C12c1ccccc1-c1ccccc12. The smallest absolute Gasteiger partial charge is 0.247 e. The van der Waals surface area contributed by atoms with Crippen molar-refractivity contribution in [3.8, 4) is 11.1 Å². The highest BCUT2D eigenvalue weighted by Gasteiger charge is 2.57. The number of para-hydroxylation sites is 1. The molecule has 0 saturated heterocycles. The molecule has 1 spiro atoms. The molecule has 0 radical (unpaired) electrons. The van der Waals surface area contributed by atoms with Gasteiger partial charge in [0.05, 0.1) is 5.69 Å². The van der Waals surface area contributed by atoms with E-state index >= 15 is 0 Å². The molecule has 1 N–H and O–H groups in total. The standard InChI is InChI=1S/C21H13NO2/c23-19-15-9-3-6-12-18(15)22-20(24)21(19)16-10-4-1-7-13(16)14-8-2-5-11-17(14)21/h1-12H,(H,22,24). The minimum Gasteiger partial charge on any atom is -0.324 e. The van der Waals surface area contributed by atoms with Gasteiger partial charge in [0.1, 0.15) is 0 Å². The van der Waals surface area contributed by atoms with Crippen LogP contribution in [0.25, 0.3) is 11.1 Å². The van der Waals surface area contributed by atoms with Crippen LogP contribution in [-0.2, 0) is 10.2 Å². The summed E-state index contributed by atoms with van der Waals surface area (Å²) >= 11 is 0. The summed E-state index contributed by atoms with van der Waals surface area (Å²) in [7, 11) is 0. The quantitative estimate of drug-likeness (QED) is 0.642. The number of hydrogen-bond acceptors (Lipinski definition) is 2. The minimum absolute atomic E-state index is 0.153. The van der Waals surface area contributed by atoms with Crippen molar-refractivity contribution in [3.05, 3.63) is 89.5 Å². The Hall–Kier alpha value is -3.20. The average Bonchev–Trinajstić information content (AvgIpc) is 2.92. The topological polar surface area (TPSA) is 46.2 Å². The summed E-state index contributed by atoms with van der Waals surface area (Å²) in [5.41, 5.74) is 3.30. The summed E-state index contributed by atoms with van der Waals surface area (Å²) in [6.07, 6.45) is 0. The molecule has 0 fully saturated rings. The van der Waals surface area contributed by atoms with E-state index in [4.69, 9.17) is 0 Å². The van der Waals surface area contributed by atoms with E-state index in [1.165, 1.54) is 0 Å². The lowest BCUT2D eigenvalue weighted by Crippen LogP contribution is -2.50. The lowest BCUT2D eigenvalue weighted by atomic mass is 9.69. The highest BCUT2D eigenvalue weighted by Crippen LogP contribution is 2.52. The molecule has 5 rings (SSSR count). The number of fused-ring (bicyclic) bond motifs is 6. The Labute approximate surface area is 139 Å². The number of rotatable bonds is 0. The first-order valence-corrected chi connectivity index (χ1v) is 7.89. The van der Waals surface area contributed by atoms with Crippen molar-refractivity contribution in [2.24, 2.45) is 0 Å². The van der Waals surface area contributed by atoms with Crippen molar-refractivity contribution >= 4 is 17.4 Å². The van der Waals surface area contributed by atoms with Crippen molar-refractivity contribution in [3.63, 3.8) is 0 Å². The van der Waals surface area contributed by atoms with Crippen LogP contribution in [0.5, 0.6) is 0 Å². The molecule has 0 atom stereocenters. The predicted octanol–water partition coefficient (Wildman–Crippen LogP) is 3.79. The number of anilines is 1. The van der Waals surface area contributed by atoms with Crippen LogP contribution < -0.4 is 5.32 Å². The molecule has 114 valence electrons. The van der Waals surface area contributed by atoms with Crippen LogP contribution >= 0.6 is 0 Å². The van der Waals surface area contributed by atoms with Gasteiger partial charge in [-0.3, -0.25) is 9.59 Å². The second kappa shape index (κ2) is 4.42. The molecule has 1 aliphatic carbocycles. The molecule has 3 nitrogen and oxygen atoms in total. The van der Waals surface area contributed by atoms with Gasteiger partial charge in [0.2, 0.25) is 5.91 Å². The maximum absolute atomic E-state index is 13.5. The Morgan fingerprint density at radius 3 is 1.75 bits per heavy atom. The Morgan fingerprint density at radius 2 is 1.12 bits per heavy atom. The number of nitrogens with one attached hydrogen (secondary N) is 1. The predicted molar refractivity (Wildman–Crippen MR) is 92.1 cm³/mol. The number of benzene rings is 3. The number of hydrogen-bond donors (Lipinski definition) is 1. The second-order valence-electron chi connectivity index (χ2n) is 6.17. The van der Waals surface area contributed by atoms with Gasteiger partial charge in [0, 0.05) is 5.56 Å².